The molecule has 2 aromatic carbocycles. The largest absolute Gasteiger partial charge is 0.489 e. The van der Waals surface area contributed by atoms with Crippen molar-refractivity contribution < 1.29 is 14.6 Å². The van der Waals surface area contributed by atoms with Gasteiger partial charge >= 0.3 is 5.97 Å². The summed E-state index contributed by atoms with van der Waals surface area (Å²) in [5.41, 5.74) is 7.06. The third-order valence-corrected chi connectivity index (χ3v) is 6.98. The first-order chi connectivity index (χ1) is 15.9. The van der Waals surface area contributed by atoms with Crippen molar-refractivity contribution >= 4 is 11.5 Å². The molecule has 1 N–H and O–H groups in total. The molecule has 170 valence electrons. The highest BCUT2D eigenvalue weighted by Gasteiger charge is 2.22. The Morgan fingerprint density at radius 3 is 2.91 bits per heavy atom. The van der Waals surface area contributed by atoms with Gasteiger partial charge in [-0.25, -0.2) is 4.99 Å². The summed E-state index contributed by atoms with van der Waals surface area (Å²) in [7, 11) is 0. The van der Waals surface area contributed by atoms with Crippen molar-refractivity contribution in [2.45, 2.75) is 40.3 Å². The van der Waals surface area contributed by atoms with Crippen LogP contribution in [0.5, 0.6) is 5.75 Å². The standard InChI is InChI=1S/C28H30N2O3/c1-17(2)19-7-9-23-25(13-19)29-24-6-4-5-21(28(23)24)16-33-26-10-8-20-14-30(15-27(31)32)12-11-22(20)18(26)3/h4-10,13,17,19H,11-12,14-16H2,1-3H3,(H,31,32). The number of fused-ring (bicyclic) bond motifs is 3. The van der Waals surface area contributed by atoms with Crippen LogP contribution in [0.25, 0.3) is 5.57 Å². The number of rotatable bonds is 6. The Bertz CT molecular complexity index is 1300. The van der Waals surface area contributed by atoms with Crippen LogP contribution in [0, 0.1) is 18.8 Å². The van der Waals surface area contributed by atoms with E-state index in [0.717, 1.165) is 40.9 Å². The van der Waals surface area contributed by atoms with Gasteiger partial charge in [0.1, 0.15) is 12.4 Å². The van der Waals surface area contributed by atoms with Crippen LogP contribution < -0.4 is 15.3 Å². The fourth-order valence-electron chi connectivity index (χ4n) is 5.10. The van der Waals surface area contributed by atoms with E-state index in [9.17, 15) is 4.79 Å². The molecule has 0 fully saturated rings. The van der Waals surface area contributed by atoms with Crippen LogP contribution in [0.4, 0.5) is 0 Å². The quantitative estimate of drug-likeness (QED) is 0.744. The molecule has 2 heterocycles. The van der Waals surface area contributed by atoms with E-state index in [1.807, 2.05) is 11.0 Å². The van der Waals surface area contributed by atoms with E-state index < -0.39 is 5.97 Å². The second kappa shape index (κ2) is 8.64. The number of benzene rings is 2. The van der Waals surface area contributed by atoms with Gasteiger partial charge in [-0.15, -0.1) is 0 Å². The van der Waals surface area contributed by atoms with E-state index in [1.165, 1.54) is 21.9 Å². The lowest BCUT2D eigenvalue weighted by atomic mass is 9.88. The van der Waals surface area contributed by atoms with Gasteiger partial charge in [0.2, 0.25) is 0 Å². The summed E-state index contributed by atoms with van der Waals surface area (Å²) < 4.78 is 6.34. The lowest BCUT2D eigenvalue weighted by Crippen LogP contribution is -2.35. The average molecular weight is 443 g/mol. The molecule has 33 heavy (non-hydrogen) atoms. The van der Waals surface area contributed by atoms with Crippen LogP contribution in [0.3, 0.4) is 0 Å². The zero-order valence-corrected chi connectivity index (χ0v) is 19.5. The normalized spacial score (nSPS) is 19.0. The minimum absolute atomic E-state index is 0.0859. The van der Waals surface area contributed by atoms with Crippen LogP contribution in [0.15, 0.2) is 59.2 Å². The SMILES string of the molecule is Cc1c(OCc2cccc3c2=C2C=CC(C(C)C)C=C2N=3)ccc2c1CCN(CC(=O)O)C2. The zero-order valence-electron chi connectivity index (χ0n) is 19.5. The Labute approximate surface area is 194 Å². The zero-order chi connectivity index (χ0) is 23.1. The van der Waals surface area contributed by atoms with Crippen LogP contribution in [-0.4, -0.2) is 29.1 Å². The molecule has 0 saturated carbocycles. The van der Waals surface area contributed by atoms with E-state index in [4.69, 9.17) is 14.8 Å². The first kappa shape index (κ1) is 21.7. The summed E-state index contributed by atoms with van der Waals surface area (Å²) in [6.45, 7) is 8.59. The molecule has 0 saturated heterocycles. The van der Waals surface area contributed by atoms with Gasteiger partial charge in [-0.2, -0.15) is 0 Å². The Morgan fingerprint density at radius 2 is 2.12 bits per heavy atom. The van der Waals surface area contributed by atoms with E-state index in [-0.39, 0.29) is 6.54 Å². The first-order valence-corrected chi connectivity index (χ1v) is 11.7. The van der Waals surface area contributed by atoms with Crippen LogP contribution in [-0.2, 0) is 24.4 Å². The van der Waals surface area contributed by atoms with Gasteiger partial charge in [0.05, 0.1) is 17.6 Å². The number of nitrogens with zero attached hydrogens (tertiary/aromatic N) is 2. The molecule has 5 rings (SSSR count). The molecule has 1 unspecified atom stereocenters. The molecule has 1 aliphatic carbocycles. The molecule has 0 aromatic heterocycles. The van der Waals surface area contributed by atoms with Gasteiger partial charge in [-0.05, 0) is 59.6 Å². The number of carboxylic acids is 1. The Hall–Kier alpha value is -3.18. The van der Waals surface area contributed by atoms with Crippen molar-refractivity contribution in [2.75, 3.05) is 13.1 Å². The van der Waals surface area contributed by atoms with Gasteiger partial charge in [0.15, 0.2) is 0 Å². The average Bonchev–Trinajstić information content (AvgIpc) is 3.16. The number of carbonyl (C=O) groups is 1. The molecule has 5 heteroatoms. The molecular weight excluding hydrogens is 412 g/mol. The number of ether oxygens (including phenoxy) is 1. The van der Waals surface area contributed by atoms with Gasteiger partial charge in [0, 0.05) is 23.9 Å². The topological polar surface area (TPSA) is 62.1 Å². The van der Waals surface area contributed by atoms with E-state index in [0.29, 0.717) is 25.0 Å². The molecule has 0 spiro atoms. The molecule has 0 amide bonds. The van der Waals surface area contributed by atoms with Crippen molar-refractivity contribution in [3.63, 3.8) is 0 Å². The lowest BCUT2D eigenvalue weighted by Gasteiger charge is -2.29. The maximum atomic E-state index is 11.1. The highest BCUT2D eigenvalue weighted by Crippen LogP contribution is 2.31. The summed E-state index contributed by atoms with van der Waals surface area (Å²) in [5, 5.41) is 11.3. The number of hydrogen-bond donors (Lipinski definition) is 1. The highest BCUT2D eigenvalue weighted by atomic mass is 16.5. The fraction of sp³-hybridized carbons (Fsp3) is 0.357. The van der Waals surface area contributed by atoms with Gasteiger partial charge in [0.25, 0.3) is 0 Å². The third kappa shape index (κ3) is 4.13. The number of hydrogen-bond acceptors (Lipinski definition) is 4. The van der Waals surface area contributed by atoms with E-state index >= 15 is 0 Å². The van der Waals surface area contributed by atoms with Crippen molar-refractivity contribution in [3.05, 3.63) is 87.1 Å². The van der Waals surface area contributed by atoms with Crippen molar-refractivity contribution in [1.82, 2.24) is 4.90 Å². The molecule has 5 nitrogen and oxygen atoms in total. The Balaban J connectivity index is 1.39. The molecule has 1 atom stereocenters. The lowest BCUT2D eigenvalue weighted by molar-refractivity contribution is -0.138. The second-order valence-corrected chi connectivity index (χ2v) is 9.54. The summed E-state index contributed by atoms with van der Waals surface area (Å²) in [6.07, 6.45) is 7.64. The minimum Gasteiger partial charge on any atom is -0.489 e. The number of allylic oxidation sites excluding steroid dienone is 3. The number of carboxylic acid groups (broad SMARTS) is 1. The highest BCUT2D eigenvalue weighted by molar-refractivity contribution is 5.76. The number of aliphatic carboxylic acids is 1. The summed E-state index contributed by atoms with van der Waals surface area (Å²) in [5.74, 6) is 1.10. The Kier molecular flexibility index (Phi) is 5.67. The molecule has 2 aliphatic heterocycles. The Morgan fingerprint density at radius 1 is 1.27 bits per heavy atom. The maximum absolute atomic E-state index is 11.1. The fourth-order valence-corrected chi connectivity index (χ4v) is 5.10. The molecular formula is C28H30N2O3. The maximum Gasteiger partial charge on any atom is 0.317 e. The molecule has 0 radical (unpaired) electrons. The van der Waals surface area contributed by atoms with Gasteiger partial charge in [-0.1, -0.05) is 50.3 Å². The van der Waals surface area contributed by atoms with Gasteiger partial charge < -0.3 is 9.84 Å². The predicted molar refractivity (Wildman–Crippen MR) is 128 cm³/mol. The molecule has 2 aromatic rings. The predicted octanol–water partition coefficient (Wildman–Crippen LogP) is 3.53. The summed E-state index contributed by atoms with van der Waals surface area (Å²) >= 11 is 0. The summed E-state index contributed by atoms with van der Waals surface area (Å²) in [4.78, 5) is 17.9. The van der Waals surface area contributed by atoms with Crippen molar-refractivity contribution in [2.24, 2.45) is 16.8 Å². The van der Waals surface area contributed by atoms with Crippen LogP contribution in [0.2, 0.25) is 0 Å². The molecule has 3 aliphatic rings. The molecule has 0 bridgehead atoms. The third-order valence-electron chi connectivity index (χ3n) is 6.98. The van der Waals surface area contributed by atoms with Crippen molar-refractivity contribution in [3.8, 4) is 5.75 Å². The van der Waals surface area contributed by atoms with Crippen molar-refractivity contribution in [1.29, 1.82) is 0 Å². The minimum atomic E-state index is -0.777. The summed E-state index contributed by atoms with van der Waals surface area (Å²) in [6, 6.07) is 10.4. The van der Waals surface area contributed by atoms with E-state index in [2.05, 4.69) is 63.3 Å². The van der Waals surface area contributed by atoms with Crippen LogP contribution >= 0.6 is 0 Å². The van der Waals surface area contributed by atoms with Crippen LogP contribution in [0.1, 0.15) is 36.1 Å². The monoisotopic (exact) mass is 442 g/mol. The van der Waals surface area contributed by atoms with Gasteiger partial charge in [-0.3, -0.25) is 9.69 Å². The smallest absolute Gasteiger partial charge is 0.317 e. The second-order valence-electron chi connectivity index (χ2n) is 9.54. The first-order valence-electron chi connectivity index (χ1n) is 11.7. The van der Waals surface area contributed by atoms with E-state index in [1.54, 1.807) is 0 Å².